The first-order chi connectivity index (χ1) is 40.2. The maximum absolute atomic E-state index is 13.7. The number of nitrogens with one attached hydrogen (secondary N) is 4. The molecule has 8 fully saturated rings. The first-order valence-corrected chi connectivity index (χ1v) is 32.3. The maximum Gasteiger partial charge on any atom is 0.338 e. The second kappa shape index (κ2) is 24.4. The number of benzene rings is 2. The zero-order valence-electron chi connectivity index (χ0n) is 50.6. The normalized spacial score (nSPS) is 43.3. The van der Waals surface area contributed by atoms with Crippen LogP contribution in [-0.2, 0) is 28.7 Å². The van der Waals surface area contributed by atoms with Crippen molar-refractivity contribution in [2.24, 2.45) is 103 Å². The lowest BCUT2D eigenvalue weighted by atomic mass is 9.43. The van der Waals surface area contributed by atoms with Crippen LogP contribution in [0.15, 0.2) is 58.7 Å². The SMILES string of the molecule is C[C@@H]1CCC(=O)NCC(=O)N/N=C/c2cccc(c2)C(=O)O[C@@H]2CC[C@@]3(C)[C@H](CC[C@@H]4[C@@H]3C[C@H](O)[C@]3(C)[C@H](CC[C@@H]43)[C@H](C)CCC(=O)NCC(=O)N/N=C/c3cccc(c3)C(=O)O[C@@H]3CC[C@@]4(C)[C@H](CC[C@@H]5[C@@H]4C[C@H](O)[C@]4(C)[C@@H]1CC[C@@H]54)C3)C2. The molecule has 4 amide bonds. The fraction of sp³-hybridized carbons (Fsp3) is 0.706. The highest BCUT2D eigenvalue weighted by Crippen LogP contribution is 2.70. The average molecular weight is 1160 g/mol. The van der Waals surface area contributed by atoms with Gasteiger partial charge < -0.3 is 30.3 Å². The first-order valence-electron chi connectivity index (χ1n) is 32.3. The van der Waals surface area contributed by atoms with Crippen LogP contribution in [0.5, 0.6) is 0 Å². The molecule has 84 heavy (non-hydrogen) atoms. The third kappa shape index (κ3) is 11.5. The van der Waals surface area contributed by atoms with Crippen molar-refractivity contribution in [3.05, 3.63) is 70.8 Å². The van der Waals surface area contributed by atoms with Crippen molar-refractivity contribution < 1.29 is 48.5 Å². The summed E-state index contributed by atoms with van der Waals surface area (Å²) < 4.78 is 12.5. The second-order valence-electron chi connectivity index (χ2n) is 28.9. The molecule has 0 aromatic heterocycles. The molecule has 0 unspecified atom stereocenters. The summed E-state index contributed by atoms with van der Waals surface area (Å²) in [6.07, 6.45) is 18.4. The topological polar surface area (TPSA) is 234 Å². The molecule has 2 aromatic rings. The van der Waals surface area contributed by atoms with E-state index in [0.717, 1.165) is 103 Å². The van der Waals surface area contributed by atoms with Crippen molar-refractivity contribution in [1.29, 1.82) is 0 Å². The van der Waals surface area contributed by atoms with Crippen LogP contribution in [0.1, 0.15) is 202 Å². The van der Waals surface area contributed by atoms with E-state index in [-0.39, 0.29) is 107 Å². The number of carbonyl (C=O) groups excluding carboxylic acids is 6. The molecule has 0 radical (unpaired) electrons. The van der Waals surface area contributed by atoms with E-state index in [1.807, 2.05) is 0 Å². The molecule has 18 rings (SSSR count). The lowest BCUT2D eigenvalue weighted by molar-refractivity contribution is -0.175. The summed E-state index contributed by atoms with van der Waals surface area (Å²) >= 11 is 0. The number of amides is 4. The summed E-state index contributed by atoms with van der Waals surface area (Å²) in [6.45, 7) is 13.5. The van der Waals surface area contributed by atoms with E-state index >= 15 is 0 Å². The van der Waals surface area contributed by atoms with Crippen LogP contribution in [0, 0.1) is 92.7 Å². The number of rotatable bonds is 0. The third-order valence-corrected chi connectivity index (χ3v) is 25.1. The Labute approximate surface area is 497 Å². The number of carbonyl (C=O) groups is 6. The number of esters is 2. The molecule has 20 atom stereocenters. The van der Waals surface area contributed by atoms with Crippen molar-refractivity contribution in [3.63, 3.8) is 0 Å². The van der Waals surface area contributed by atoms with Gasteiger partial charge in [0, 0.05) is 12.8 Å². The van der Waals surface area contributed by atoms with Crippen LogP contribution in [-0.4, -0.2) is 95.7 Å². The molecular weight excluding hydrogens is 1060 g/mol. The Kier molecular flexibility index (Phi) is 17.5. The van der Waals surface area contributed by atoms with Gasteiger partial charge in [0.05, 0.1) is 48.9 Å². The second-order valence-corrected chi connectivity index (χ2v) is 28.9. The Hall–Kier alpha value is -5.48. The van der Waals surface area contributed by atoms with E-state index in [4.69, 9.17) is 9.47 Å². The van der Waals surface area contributed by atoms with Gasteiger partial charge in [0.25, 0.3) is 11.8 Å². The molecule has 16 nitrogen and oxygen atoms in total. The minimum absolute atomic E-state index is 0.0293. The van der Waals surface area contributed by atoms with Crippen molar-refractivity contribution in [2.75, 3.05) is 13.1 Å². The molecule has 8 heterocycles. The largest absolute Gasteiger partial charge is 0.459 e. The van der Waals surface area contributed by atoms with Crippen LogP contribution < -0.4 is 21.5 Å². The van der Waals surface area contributed by atoms with Crippen molar-refractivity contribution in [2.45, 2.75) is 194 Å². The zero-order chi connectivity index (χ0) is 59.3. The Balaban J connectivity index is 0.745. The van der Waals surface area contributed by atoms with E-state index in [1.165, 1.54) is 12.4 Å². The highest BCUT2D eigenvalue weighted by atomic mass is 16.5. The Morgan fingerprint density at radius 1 is 0.476 bits per heavy atom. The first kappa shape index (κ1) is 60.2. The summed E-state index contributed by atoms with van der Waals surface area (Å²) in [5, 5.41) is 38.4. The van der Waals surface area contributed by atoms with Gasteiger partial charge in [-0.25, -0.2) is 20.4 Å². The molecule has 456 valence electrons. The van der Waals surface area contributed by atoms with Crippen LogP contribution in [0.25, 0.3) is 0 Å². The number of hydrogen-bond donors (Lipinski definition) is 6. The average Bonchev–Trinajstić information content (AvgIpc) is 1.62. The van der Waals surface area contributed by atoms with Crippen LogP contribution in [0.2, 0.25) is 0 Å². The van der Waals surface area contributed by atoms with Crippen molar-refractivity contribution >= 4 is 48.0 Å². The summed E-state index contributed by atoms with van der Waals surface area (Å²) in [5.41, 5.74) is 6.64. The number of hydrogen-bond acceptors (Lipinski definition) is 12. The lowest BCUT2D eigenvalue weighted by Gasteiger charge is -2.62. The van der Waals surface area contributed by atoms with Gasteiger partial charge in [0.2, 0.25) is 11.8 Å². The predicted octanol–water partition coefficient (Wildman–Crippen LogP) is 9.68. The van der Waals surface area contributed by atoms with Crippen LogP contribution in [0.3, 0.4) is 0 Å². The Morgan fingerprint density at radius 3 is 1.30 bits per heavy atom. The molecule has 16 aliphatic rings. The van der Waals surface area contributed by atoms with E-state index in [9.17, 15) is 39.0 Å². The summed E-state index contributed by atoms with van der Waals surface area (Å²) in [6, 6.07) is 14.0. The molecule has 8 aliphatic heterocycles. The maximum atomic E-state index is 13.7. The molecule has 0 saturated heterocycles. The zero-order valence-corrected chi connectivity index (χ0v) is 50.6. The van der Waals surface area contributed by atoms with Crippen molar-refractivity contribution in [1.82, 2.24) is 21.5 Å². The van der Waals surface area contributed by atoms with E-state index in [0.29, 0.717) is 82.4 Å². The van der Waals surface area contributed by atoms with E-state index < -0.39 is 24.0 Å². The molecular formula is C68H94N6O10. The van der Waals surface area contributed by atoms with Gasteiger partial charge in [-0.05, 0) is 244 Å². The Bertz CT molecular complexity index is 2690. The molecule has 8 saturated carbocycles. The molecule has 6 N–H and O–H groups in total. The van der Waals surface area contributed by atoms with E-state index in [1.54, 1.807) is 48.5 Å². The predicted molar refractivity (Wildman–Crippen MR) is 319 cm³/mol. The molecule has 16 heteroatoms. The highest BCUT2D eigenvalue weighted by Gasteiger charge is 2.66. The minimum atomic E-state index is -0.459. The summed E-state index contributed by atoms with van der Waals surface area (Å²) in [7, 11) is 0. The van der Waals surface area contributed by atoms with Gasteiger partial charge in [-0.2, -0.15) is 10.2 Å². The monoisotopic (exact) mass is 1150 g/mol. The highest BCUT2D eigenvalue weighted by molar-refractivity contribution is 5.94. The van der Waals surface area contributed by atoms with Gasteiger partial charge in [-0.15, -0.1) is 0 Å². The molecule has 20 bridgehead atoms. The Morgan fingerprint density at radius 2 is 0.881 bits per heavy atom. The molecule has 8 aliphatic carbocycles. The summed E-state index contributed by atoms with van der Waals surface area (Å²) in [5.74, 6) is 2.15. The van der Waals surface area contributed by atoms with Gasteiger partial charge in [-0.3, -0.25) is 19.2 Å². The van der Waals surface area contributed by atoms with E-state index in [2.05, 4.69) is 73.2 Å². The number of ether oxygens (including phenoxy) is 2. The number of aliphatic hydroxyl groups is 2. The van der Waals surface area contributed by atoms with Crippen molar-refractivity contribution in [3.8, 4) is 0 Å². The van der Waals surface area contributed by atoms with Crippen LogP contribution in [0.4, 0.5) is 0 Å². The molecule has 2 aromatic carbocycles. The van der Waals surface area contributed by atoms with Gasteiger partial charge >= 0.3 is 11.9 Å². The number of hydrazone groups is 2. The lowest BCUT2D eigenvalue weighted by Crippen LogP contribution is -2.59. The smallest absolute Gasteiger partial charge is 0.338 e. The standard InChI is InChI=1S/C68H94N6O10/c1-39-13-23-59(77)69-37-61(79)73-71-35-41-9-7-11-43(29-41)64(82)84-48-26-28-66(4)46(32-48)16-18-50-54-22-20-52(68(54,6)58(76)34-56(50)66)40(2)14-24-60(78)70-38-62(80)74-72-36-42-10-8-12-44(30-42)63(81)83-47-25-27-65(3)45(31-47)15-17-49-53-21-19-51(39)67(53,5)57(75)33-55(49)65/h7-12,29-30,35-36,39-40,45-58,75-76H,13-28,31-34,37-38H2,1-6H3,(H,69,77)(H,70,78)(H,73,79)(H,74,80)/b71-35+,72-36+/t39-,40-,45-,46-,47-,48-,49+,50+,51-,52-,53+,54+,55+,56+,57+,58+,65+,66+,67-,68-/m1/s1. The number of aliphatic hydroxyl groups excluding tert-OH is 2. The quantitative estimate of drug-likeness (QED) is 0.137. The fourth-order valence-electron chi connectivity index (χ4n) is 20.5. The minimum Gasteiger partial charge on any atom is -0.459 e. The van der Waals surface area contributed by atoms with Gasteiger partial charge in [0.15, 0.2) is 0 Å². The number of nitrogens with zero attached hydrogens (tertiary/aromatic N) is 2. The van der Waals surface area contributed by atoms with Gasteiger partial charge in [-0.1, -0.05) is 65.8 Å². The third-order valence-electron chi connectivity index (χ3n) is 25.1. The fourth-order valence-corrected chi connectivity index (χ4v) is 20.5. The molecule has 0 spiro atoms. The van der Waals surface area contributed by atoms with Crippen LogP contribution >= 0.6 is 0 Å². The summed E-state index contributed by atoms with van der Waals surface area (Å²) in [4.78, 5) is 79.5. The van der Waals surface area contributed by atoms with Gasteiger partial charge in [0.1, 0.15) is 12.2 Å².